The van der Waals surface area contributed by atoms with Crippen molar-refractivity contribution < 1.29 is 9.53 Å². The van der Waals surface area contributed by atoms with E-state index in [1.165, 1.54) is 12.6 Å². The molecular formula is C22H21N5O2. The molecule has 2 aliphatic rings. The van der Waals surface area contributed by atoms with Gasteiger partial charge in [-0.1, -0.05) is 36.8 Å². The van der Waals surface area contributed by atoms with Crippen LogP contribution in [0.2, 0.25) is 0 Å². The number of imidazole rings is 1. The molecule has 0 unspecified atom stereocenters. The quantitative estimate of drug-likeness (QED) is 0.727. The van der Waals surface area contributed by atoms with Gasteiger partial charge >= 0.3 is 0 Å². The van der Waals surface area contributed by atoms with Crippen LogP contribution < -0.4 is 5.32 Å². The molecule has 7 nitrogen and oxygen atoms in total. The summed E-state index contributed by atoms with van der Waals surface area (Å²) in [4.78, 5) is 21.3. The number of rotatable bonds is 5. The molecular weight excluding hydrogens is 366 g/mol. The van der Waals surface area contributed by atoms with Gasteiger partial charge in [0, 0.05) is 6.20 Å². The van der Waals surface area contributed by atoms with Gasteiger partial charge in [-0.2, -0.15) is 5.26 Å². The highest BCUT2D eigenvalue weighted by Gasteiger charge is 2.53. The Morgan fingerprint density at radius 1 is 1.24 bits per heavy atom. The third-order valence-electron chi connectivity index (χ3n) is 6.17. The average Bonchev–Trinajstić information content (AvgIpc) is 3.37. The molecule has 0 aliphatic heterocycles. The number of aromatic nitrogens is 3. The van der Waals surface area contributed by atoms with E-state index < -0.39 is 0 Å². The third kappa shape index (κ3) is 3.15. The van der Waals surface area contributed by atoms with Crippen LogP contribution in [0.4, 0.5) is 0 Å². The van der Waals surface area contributed by atoms with Crippen molar-refractivity contribution in [3.63, 3.8) is 0 Å². The molecule has 0 bridgehead atoms. The summed E-state index contributed by atoms with van der Waals surface area (Å²) in [6.45, 7) is 0.553. The van der Waals surface area contributed by atoms with E-state index in [1.54, 1.807) is 16.7 Å². The lowest BCUT2D eigenvalue weighted by Gasteiger charge is -2.48. The molecule has 2 saturated carbocycles. The van der Waals surface area contributed by atoms with E-state index >= 15 is 0 Å². The Morgan fingerprint density at radius 2 is 2.07 bits per heavy atom. The van der Waals surface area contributed by atoms with Gasteiger partial charge in [0.05, 0.1) is 24.9 Å². The van der Waals surface area contributed by atoms with Crippen LogP contribution in [-0.4, -0.2) is 32.4 Å². The minimum Gasteiger partial charge on any atom is -0.371 e. The molecule has 2 aliphatic carbocycles. The predicted octanol–water partition coefficient (Wildman–Crippen LogP) is 2.71. The number of amides is 1. The molecule has 0 spiro atoms. The molecule has 0 radical (unpaired) electrons. The van der Waals surface area contributed by atoms with Gasteiger partial charge in [-0.25, -0.2) is 9.97 Å². The number of nitriles is 1. The van der Waals surface area contributed by atoms with Crippen LogP contribution in [0.1, 0.15) is 41.0 Å². The van der Waals surface area contributed by atoms with Gasteiger partial charge in [0.2, 0.25) is 5.78 Å². The number of fused-ring (bicyclic) bond motifs is 2. The van der Waals surface area contributed by atoms with Gasteiger partial charge in [0.1, 0.15) is 17.5 Å². The second-order valence-electron chi connectivity index (χ2n) is 7.76. The van der Waals surface area contributed by atoms with Gasteiger partial charge in [-0.3, -0.25) is 9.20 Å². The lowest BCUT2D eigenvalue weighted by atomic mass is 9.68. The standard InChI is InChI=1S/C22H21N5O2/c23-11-15-9-10-27-18(12-24-22(27)25-15)21(28)26-19-16-7-4-8-17(16)20(19)29-13-14-5-2-1-3-6-14/h1-3,5-6,9-10,12,16-17,19-20H,4,7-8,13H2,(H,26,28)/t16-,17+,19-,20+/m0/s1. The van der Waals surface area contributed by atoms with Crippen LogP contribution in [0.5, 0.6) is 0 Å². The topological polar surface area (TPSA) is 92.3 Å². The average molecular weight is 387 g/mol. The maximum Gasteiger partial charge on any atom is 0.270 e. The molecule has 29 heavy (non-hydrogen) atoms. The van der Waals surface area contributed by atoms with Crippen molar-refractivity contribution in [2.24, 2.45) is 11.8 Å². The number of carbonyl (C=O) groups is 1. The highest BCUT2D eigenvalue weighted by Crippen LogP contribution is 2.49. The van der Waals surface area contributed by atoms with Gasteiger partial charge < -0.3 is 10.1 Å². The molecule has 1 aromatic carbocycles. The number of hydrogen-bond acceptors (Lipinski definition) is 5. The van der Waals surface area contributed by atoms with Crippen LogP contribution >= 0.6 is 0 Å². The summed E-state index contributed by atoms with van der Waals surface area (Å²) >= 11 is 0. The second kappa shape index (κ2) is 7.30. The van der Waals surface area contributed by atoms with Crippen LogP contribution in [0, 0.1) is 23.2 Å². The summed E-state index contributed by atoms with van der Waals surface area (Å²) in [6, 6.07) is 13.7. The lowest BCUT2D eigenvalue weighted by Crippen LogP contribution is -2.62. The molecule has 2 fully saturated rings. The van der Waals surface area contributed by atoms with Gasteiger partial charge in [0.15, 0.2) is 0 Å². The number of hydrogen-bond donors (Lipinski definition) is 1. The molecule has 3 aromatic rings. The Labute approximate surface area is 168 Å². The van der Waals surface area contributed by atoms with E-state index in [2.05, 4.69) is 27.4 Å². The molecule has 2 aromatic heterocycles. The lowest BCUT2D eigenvalue weighted by molar-refractivity contribution is -0.108. The molecule has 1 amide bonds. The van der Waals surface area contributed by atoms with E-state index in [4.69, 9.17) is 10.00 Å². The van der Waals surface area contributed by atoms with Crippen LogP contribution in [0.15, 0.2) is 48.8 Å². The van der Waals surface area contributed by atoms with Crippen molar-refractivity contribution in [3.05, 3.63) is 65.7 Å². The number of nitrogens with one attached hydrogen (secondary N) is 1. The minimum absolute atomic E-state index is 0.00982. The van der Waals surface area contributed by atoms with Crippen molar-refractivity contribution >= 4 is 11.7 Å². The summed E-state index contributed by atoms with van der Waals surface area (Å²) in [6.07, 6.45) is 6.67. The fraction of sp³-hybridized carbons (Fsp3) is 0.364. The smallest absolute Gasteiger partial charge is 0.270 e. The first-order valence-electron chi connectivity index (χ1n) is 9.95. The number of ether oxygens (including phenoxy) is 1. The third-order valence-corrected chi connectivity index (χ3v) is 6.17. The highest BCUT2D eigenvalue weighted by atomic mass is 16.5. The van der Waals surface area contributed by atoms with Crippen molar-refractivity contribution in [3.8, 4) is 6.07 Å². The van der Waals surface area contributed by atoms with Gasteiger partial charge in [0.25, 0.3) is 5.91 Å². The molecule has 146 valence electrons. The van der Waals surface area contributed by atoms with Gasteiger partial charge in [-0.05, 0) is 36.3 Å². The van der Waals surface area contributed by atoms with Crippen LogP contribution in [-0.2, 0) is 11.3 Å². The molecule has 2 heterocycles. The maximum atomic E-state index is 13.0. The summed E-state index contributed by atoms with van der Waals surface area (Å²) in [7, 11) is 0. The Kier molecular flexibility index (Phi) is 4.49. The molecule has 5 rings (SSSR count). The Bertz CT molecular complexity index is 1090. The maximum absolute atomic E-state index is 13.0. The predicted molar refractivity (Wildman–Crippen MR) is 105 cm³/mol. The normalized spacial score (nSPS) is 25.2. The Balaban J connectivity index is 1.31. The first kappa shape index (κ1) is 17.8. The SMILES string of the molecule is N#Cc1ccn2c(C(=O)N[C@H]3[C@H]4CCC[C@H]4[C@H]3OCc3ccccc3)cnc2n1. The van der Waals surface area contributed by atoms with Crippen molar-refractivity contribution in [2.45, 2.75) is 38.0 Å². The number of nitrogens with zero attached hydrogens (tertiary/aromatic N) is 4. The molecule has 7 heteroatoms. The fourth-order valence-corrected chi connectivity index (χ4v) is 4.75. The Morgan fingerprint density at radius 3 is 2.90 bits per heavy atom. The zero-order valence-electron chi connectivity index (χ0n) is 15.9. The minimum atomic E-state index is -0.187. The van der Waals surface area contributed by atoms with Crippen LogP contribution in [0.25, 0.3) is 5.78 Å². The van der Waals surface area contributed by atoms with Crippen LogP contribution in [0.3, 0.4) is 0 Å². The summed E-state index contributed by atoms with van der Waals surface area (Å²) in [5.41, 5.74) is 1.83. The largest absolute Gasteiger partial charge is 0.371 e. The van der Waals surface area contributed by atoms with Crippen molar-refractivity contribution in [1.29, 1.82) is 5.26 Å². The fourth-order valence-electron chi connectivity index (χ4n) is 4.75. The first-order chi connectivity index (χ1) is 14.2. The van der Waals surface area contributed by atoms with E-state index in [-0.39, 0.29) is 23.7 Å². The Hall–Kier alpha value is -3.24. The van der Waals surface area contributed by atoms with E-state index in [0.717, 1.165) is 18.4 Å². The summed E-state index contributed by atoms with van der Waals surface area (Å²) in [5, 5.41) is 12.2. The zero-order chi connectivity index (χ0) is 19.8. The second-order valence-corrected chi connectivity index (χ2v) is 7.76. The number of benzene rings is 1. The monoisotopic (exact) mass is 387 g/mol. The van der Waals surface area contributed by atoms with E-state index in [1.807, 2.05) is 24.3 Å². The molecule has 0 saturated heterocycles. The number of carbonyl (C=O) groups excluding carboxylic acids is 1. The molecule has 1 N–H and O–H groups in total. The summed E-state index contributed by atoms with van der Waals surface area (Å²) in [5.74, 6) is 1.15. The van der Waals surface area contributed by atoms with Crippen molar-refractivity contribution in [2.75, 3.05) is 0 Å². The van der Waals surface area contributed by atoms with Gasteiger partial charge in [-0.15, -0.1) is 0 Å². The van der Waals surface area contributed by atoms with E-state index in [9.17, 15) is 4.79 Å². The highest BCUT2D eigenvalue weighted by molar-refractivity contribution is 5.93. The van der Waals surface area contributed by atoms with Crippen molar-refractivity contribution in [1.82, 2.24) is 19.7 Å². The summed E-state index contributed by atoms with van der Waals surface area (Å²) < 4.78 is 7.85. The molecule has 4 atom stereocenters. The zero-order valence-corrected chi connectivity index (χ0v) is 15.9. The van der Waals surface area contributed by atoms with E-state index in [0.29, 0.717) is 29.9 Å². The first-order valence-corrected chi connectivity index (χ1v) is 9.95.